The number of nitrogens with zero attached hydrogens (tertiary/aromatic N) is 2. The normalized spacial score (nSPS) is 17.5. The average molecular weight is 428 g/mol. The van der Waals surface area contributed by atoms with Gasteiger partial charge in [-0.3, -0.25) is 9.59 Å². The zero-order valence-electron chi connectivity index (χ0n) is 16.7. The van der Waals surface area contributed by atoms with Crippen molar-refractivity contribution in [2.24, 2.45) is 0 Å². The molecule has 0 bridgehead atoms. The van der Waals surface area contributed by atoms with Gasteiger partial charge in [0.2, 0.25) is 15.9 Å². The second-order valence-electron chi connectivity index (χ2n) is 7.64. The maximum atomic E-state index is 12.6. The van der Waals surface area contributed by atoms with Gasteiger partial charge in [-0.1, -0.05) is 12.1 Å². The first-order valence-corrected chi connectivity index (χ1v) is 11.7. The maximum absolute atomic E-state index is 12.6. The minimum absolute atomic E-state index is 0.125. The van der Waals surface area contributed by atoms with Gasteiger partial charge in [-0.2, -0.15) is 4.31 Å². The third kappa shape index (κ3) is 4.24. The summed E-state index contributed by atoms with van der Waals surface area (Å²) < 4.78 is 26.7. The molecule has 2 saturated heterocycles. The van der Waals surface area contributed by atoms with Gasteiger partial charge in [-0.05, 0) is 61.2 Å². The van der Waals surface area contributed by atoms with E-state index in [0.29, 0.717) is 31.6 Å². The topological polar surface area (TPSA) is 86.8 Å². The highest BCUT2D eigenvalue weighted by atomic mass is 32.2. The third-order valence-electron chi connectivity index (χ3n) is 5.57. The van der Waals surface area contributed by atoms with Crippen molar-refractivity contribution in [1.29, 1.82) is 0 Å². The van der Waals surface area contributed by atoms with E-state index in [0.717, 1.165) is 37.1 Å². The Kier molecular flexibility index (Phi) is 5.87. The molecule has 0 unspecified atom stereocenters. The molecule has 2 aromatic carbocycles. The second-order valence-corrected chi connectivity index (χ2v) is 9.58. The van der Waals surface area contributed by atoms with Gasteiger partial charge in [0, 0.05) is 43.9 Å². The van der Waals surface area contributed by atoms with Crippen LogP contribution in [0.2, 0.25) is 0 Å². The fourth-order valence-corrected chi connectivity index (χ4v) is 5.41. The molecule has 2 fully saturated rings. The number of carbonyl (C=O) groups is 2. The van der Waals surface area contributed by atoms with Crippen LogP contribution >= 0.6 is 0 Å². The fourth-order valence-electron chi connectivity index (χ4n) is 3.90. The molecule has 158 valence electrons. The van der Waals surface area contributed by atoms with Gasteiger partial charge >= 0.3 is 0 Å². The SMILES string of the molecule is O=C(NCc1cccc(N2CCCC2=O)c1)c1ccc(S(=O)(=O)N2CCCC2)cc1. The number of benzene rings is 2. The molecule has 0 atom stereocenters. The van der Waals surface area contributed by atoms with E-state index in [1.807, 2.05) is 24.3 Å². The quantitative estimate of drug-likeness (QED) is 0.768. The second kappa shape index (κ2) is 8.57. The number of hydrogen-bond donors (Lipinski definition) is 1. The summed E-state index contributed by atoms with van der Waals surface area (Å²) >= 11 is 0. The van der Waals surface area contributed by atoms with Crippen molar-refractivity contribution in [2.75, 3.05) is 24.5 Å². The molecule has 7 nitrogen and oxygen atoms in total. The fraction of sp³-hybridized carbons (Fsp3) is 0.364. The predicted molar refractivity (Wildman–Crippen MR) is 114 cm³/mol. The van der Waals surface area contributed by atoms with Crippen molar-refractivity contribution in [3.8, 4) is 0 Å². The van der Waals surface area contributed by atoms with Gasteiger partial charge in [-0.25, -0.2) is 8.42 Å². The Hall–Kier alpha value is -2.71. The lowest BCUT2D eigenvalue weighted by Gasteiger charge is -2.17. The molecule has 4 rings (SSSR count). The van der Waals surface area contributed by atoms with Gasteiger partial charge in [0.05, 0.1) is 4.90 Å². The first kappa shape index (κ1) is 20.6. The summed E-state index contributed by atoms with van der Waals surface area (Å²) in [5.41, 5.74) is 2.15. The number of carbonyl (C=O) groups excluding carboxylic acids is 2. The molecular weight excluding hydrogens is 402 g/mol. The van der Waals surface area contributed by atoms with Crippen molar-refractivity contribution in [3.63, 3.8) is 0 Å². The zero-order chi connectivity index (χ0) is 21.1. The highest BCUT2D eigenvalue weighted by molar-refractivity contribution is 7.89. The Morgan fingerprint density at radius 3 is 2.37 bits per heavy atom. The Balaban J connectivity index is 1.39. The summed E-state index contributed by atoms with van der Waals surface area (Å²) in [6.07, 6.45) is 3.20. The molecule has 0 saturated carbocycles. The highest BCUT2D eigenvalue weighted by Crippen LogP contribution is 2.23. The molecule has 2 aliphatic heterocycles. The van der Waals surface area contributed by atoms with E-state index >= 15 is 0 Å². The smallest absolute Gasteiger partial charge is 0.251 e. The van der Waals surface area contributed by atoms with E-state index in [1.165, 1.54) is 28.6 Å². The van der Waals surface area contributed by atoms with E-state index in [2.05, 4.69) is 5.32 Å². The first-order chi connectivity index (χ1) is 14.4. The molecule has 1 N–H and O–H groups in total. The standard InChI is InChI=1S/C22H25N3O4S/c26-21-7-4-14-25(21)19-6-3-5-17(15-19)16-23-22(27)18-8-10-20(11-9-18)30(28,29)24-12-1-2-13-24/h3,5-6,8-11,15H,1-2,4,7,12-14,16H2,(H,23,27). The Bertz CT molecular complexity index is 1040. The summed E-state index contributed by atoms with van der Waals surface area (Å²) in [6, 6.07) is 13.6. The monoisotopic (exact) mass is 427 g/mol. The number of rotatable bonds is 6. The van der Waals surface area contributed by atoms with Gasteiger partial charge in [0.1, 0.15) is 0 Å². The van der Waals surface area contributed by atoms with Crippen molar-refractivity contribution < 1.29 is 18.0 Å². The van der Waals surface area contributed by atoms with E-state index in [4.69, 9.17) is 0 Å². The molecule has 2 aromatic rings. The molecule has 2 amide bonds. The van der Waals surface area contributed by atoms with Crippen LogP contribution in [-0.2, 0) is 21.4 Å². The summed E-state index contributed by atoms with van der Waals surface area (Å²) in [6.45, 7) is 2.14. The van der Waals surface area contributed by atoms with E-state index < -0.39 is 10.0 Å². The third-order valence-corrected chi connectivity index (χ3v) is 7.48. The van der Waals surface area contributed by atoms with Crippen LogP contribution in [0, 0.1) is 0 Å². The predicted octanol–water partition coefficient (Wildman–Crippen LogP) is 2.53. The molecule has 8 heteroatoms. The maximum Gasteiger partial charge on any atom is 0.251 e. The Morgan fingerprint density at radius 2 is 1.70 bits per heavy atom. The van der Waals surface area contributed by atoms with Crippen molar-refractivity contribution in [3.05, 3.63) is 59.7 Å². The highest BCUT2D eigenvalue weighted by Gasteiger charge is 2.27. The van der Waals surface area contributed by atoms with Gasteiger partial charge in [-0.15, -0.1) is 0 Å². The molecule has 0 spiro atoms. The summed E-state index contributed by atoms with van der Waals surface area (Å²) in [7, 11) is -3.48. The van der Waals surface area contributed by atoms with Crippen LogP contribution in [0.25, 0.3) is 0 Å². The van der Waals surface area contributed by atoms with E-state index in [9.17, 15) is 18.0 Å². The van der Waals surface area contributed by atoms with Crippen molar-refractivity contribution in [2.45, 2.75) is 37.1 Å². The molecule has 0 aliphatic carbocycles. The lowest BCUT2D eigenvalue weighted by molar-refractivity contribution is -0.117. The lowest BCUT2D eigenvalue weighted by Crippen LogP contribution is -2.28. The minimum Gasteiger partial charge on any atom is -0.348 e. The summed E-state index contributed by atoms with van der Waals surface area (Å²) in [5.74, 6) is -0.150. The van der Waals surface area contributed by atoms with Gasteiger partial charge in [0.15, 0.2) is 0 Å². The number of anilines is 1. The summed E-state index contributed by atoms with van der Waals surface area (Å²) in [5, 5.41) is 2.86. The number of sulfonamides is 1. The van der Waals surface area contributed by atoms with Crippen LogP contribution in [0.5, 0.6) is 0 Å². The van der Waals surface area contributed by atoms with E-state index in [-0.39, 0.29) is 16.7 Å². The zero-order valence-corrected chi connectivity index (χ0v) is 17.5. The van der Waals surface area contributed by atoms with Crippen LogP contribution in [0.1, 0.15) is 41.6 Å². The molecule has 30 heavy (non-hydrogen) atoms. The molecule has 0 radical (unpaired) electrons. The number of amides is 2. The van der Waals surface area contributed by atoms with Crippen LogP contribution in [0.15, 0.2) is 53.4 Å². The van der Waals surface area contributed by atoms with Crippen molar-refractivity contribution >= 4 is 27.5 Å². The Labute approximate surface area is 176 Å². The van der Waals surface area contributed by atoms with Crippen molar-refractivity contribution in [1.82, 2.24) is 9.62 Å². The molecule has 2 heterocycles. The number of nitrogens with one attached hydrogen (secondary N) is 1. The number of hydrogen-bond acceptors (Lipinski definition) is 4. The first-order valence-electron chi connectivity index (χ1n) is 10.2. The minimum atomic E-state index is -3.48. The van der Waals surface area contributed by atoms with Crippen LogP contribution < -0.4 is 10.2 Å². The largest absolute Gasteiger partial charge is 0.348 e. The van der Waals surface area contributed by atoms with Crippen LogP contribution in [-0.4, -0.2) is 44.2 Å². The molecule has 0 aromatic heterocycles. The van der Waals surface area contributed by atoms with E-state index in [1.54, 1.807) is 4.90 Å². The van der Waals surface area contributed by atoms with Gasteiger partial charge in [0.25, 0.3) is 5.91 Å². The van der Waals surface area contributed by atoms with Crippen LogP contribution in [0.4, 0.5) is 5.69 Å². The Morgan fingerprint density at radius 1 is 0.967 bits per heavy atom. The average Bonchev–Trinajstić information content (AvgIpc) is 3.45. The summed E-state index contributed by atoms with van der Waals surface area (Å²) in [4.78, 5) is 26.4. The lowest BCUT2D eigenvalue weighted by atomic mass is 10.1. The van der Waals surface area contributed by atoms with Crippen LogP contribution in [0.3, 0.4) is 0 Å². The molecule has 2 aliphatic rings. The van der Waals surface area contributed by atoms with Gasteiger partial charge < -0.3 is 10.2 Å². The molecular formula is C22H25N3O4S.